The van der Waals surface area contributed by atoms with Crippen LogP contribution < -0.4 is 0 Å². The standard InChI is InChI=1S/C12H20F3NO3/c1-11(2,3)19-10(18)16-7-5-4-6-8(16)9(17)12(13,14)15/h8-9,17H,4-7H2,1-3H3. The number of halogens is 3. The highest BCUT2D eigenvalue weighted by molar-refractivity contribution is 5.68. The number of hydrogen-bond acceptors (Lipinski definition) is 3. The molecule has 1 aliphatic rings. The summed E-state index contributed by atoms with van der Waals surface area (Å²) in [5.74, 6) is 0. The number of amides is 1. The number of piperidine rings is 1. The summed E-state index contributed by atoms with van der Waals surface area (Å²) in [7, 11) is 0. The van der Waals surface area contributed by atoms with Crippen molar-refractivity contribution >= 4 is 6.09 Å². The summed E-state index contributed by atoms with van der Waals surface area (Å²) in [6, 6.07) is -1.26. The molecule has 1 aliphatic heterocycles. The second kappa shape index (κ2) is 5.56. The van der Waals surface area contributed by atoms with Gasteiger partial charge in [-0.3, -0.25) is 0 Å². The average molecular weight is 283 g/mol. The molecule has 1 saturated heterocycles. The van der Waals surface area contributed by atoms with Gasteiger partial charge in [-0.1, -0.05) is 0 Å². The average Bonchev–Trinajstić information content (AvgIpc) is 2.24. The number of aliphatic hydroxyl groups is 1. The van der Waals surface area contributed by atoms with E-state index < -0.39 is 30.0 Å². The molecule has 1 N–H and O–H groups in total. The van der Waals surface area contributed by atoms with Crippen LogP contribution in [0, 0.1) is 0 Å². The van der Waals surface area contributed by atoms with E-state index in [9.17, 15) is 23.1 Å². The van der Waals surface area contributed by atoms with E-state index >= 15 is 0 Å². The molecular formula is C12H20F3NO3. The number of nitrogens with zero attached hydrogens (tertiary/aromatic N) is 1. The first kappa shape index (κ1) is 16.1. The quantitative estimate of drug-likeness (QED) is 0.805. The zero-order chi connectivity index (χ0) is 14.8. The van der Waals surface area contributed by atoms with Gasteiger partial charge in [0, 0.05) is 6.54 Å². The van der Waals surface area contributed by atoms with Crippen LogP contribution in [0.25, 0.3) is 0 Å². The van der Waals surface area contributed by atoms with Crippen LogP contribution in [0.2, 0.25) is 0 Å². The van der Waals surface area contributed by atoms with E-state index in [1.54, 1.807) is 20.8 Å². The number of ether oxygens (including phenoxy) is 1. The second-order valence-corrected chi connectivity index (χ2v) is 5.72. The predicted molar refractivity (Wildman–Crippen MR) is 62.6 cm³/mol. The first-order valence-electron chi connectivity index (χ1n) is 6.27. The van der Waals surface area contributed by atoms with Crippen LogP contribution in [0.5, 0.6) is 0 Å². The second-order valence-electron chi connectivity index (χ2n) is 5.72. The molecule has 7 heteroatoms. The van der Waals surface area contributed by atoms with Gasteiger partial charge < -0.3 is 14.7 Å². The van der Waals surface area contributed by atoms with E-state index in [0.29, 0.717) is 12.8 Å². The lowest BCUT2D eigenvalue weighted by Gasteiger charge is -2.39. The summed E-state index contributed by atoms with van der Waals surface area (Å²) in [5.41, 5.74) is -0.776. The minimum Gasteiger partial charge on any atom is -0.444 e. The molecule has 0 aromatic heterocycles. The third kappa shape index (κ3) is 4.56. The first-order valence-corrected chi connectivity index (χ1v) is 6.27. The fourth-order valence-corrected chi connectivity index (χ4v) is 2.05. The van der Waals surface area contributed by atoms with Crippen molar-refractivity contribution in [3.05, 3.63) is 0 Å². The Morgan fingerprint density at radius 2 is 1.89 bits per heavy atom. The fraction of sp³-hybridized carbons (Fsp3) is 0.917. The van der Waals surface area contributed by atoms with E-state index in [2.05, 4.69) is 0 Å². The molecule has 0 aromatic carbocycles. The van der Waals surface area contributed by atoms with Gasteiger partial charge in [0.1, 0.15) is 5.60 Å². The minimum absolute atomic E-state index is 0.125. The Morgan fingerprint density at radius 1 is 1.32 bits per heavy atom. The summed E-state index contributed by atoms with van der Waals surface area (Å²) in [5, 5.41) is 9.35. The van der Waals surface area contributed by atoms with E-state index in [4.69, 9.17) is 4.74 Å². The van der Waals surface area contributed by atoms with Gasteiger partial charge in [-0.15, -0.1) is 0 Å². The molecule has 1 fully saturated rings. The van der Waals surface area contributed by atoms with Crippen molar-refractivity contribution in [1.82, 2.24) is 4.90 Å². The predicted octanol–water partition coefficient (Wildman–Crippen LogP) is 2.70. The summed E-state index contributed by atoms with van der Waals surface area (Å²) >= 11 is 0. The molecule has 0 aromatic rings. The number of hydrogen-bond donors (Lipinski definition) is 1. The van der Waals surface area contributed by atoms with Gasteiger partial charge in [-0.25, -0.2) is 4.79 Å². The van der Waals surface area contributed by atoms with Gasteiger partial charge in [0.15, 0.2) is 6.10 Å². The van der Waals surface area contributed by atoms with E-state index in [1.165, 1.54) is 0 Å². The molecule has 1 amide bonds. The fourth-order valence-electron chi connectivity index (χ4n) is 2.05. The van der Waals surface area contributed by atoms with Crippen molar-refractivity contribution in [2.75, 3.05) is 6.54 Å². The summed E-state index contributed by atoms with van der Waals surface area (Å²) in [4.78, 5) is 12.9. The Morgan fingerprint density at radius 3 is 2.37 bits per heavy atom. The number of carbonyl (C=O) groups is 1. The highest BCUT2D eigenvalue weighted by Crippen LogP contribution is 2.30. The number of carbonyl (C=O) groups excluding carboxylic acids is 1. The van der Waals surface area contributed by atoms with Crippen molar-refractivity contribution in [3.8, 4) is 0 Å². The van der Waals surface area contributed by atoms with Gasteiger partial charge >= 0.3 is 12.3 Å². The van der Waals surface area contributed by atoms with Gasteiger partial charge in [-0.2, -0.15) is 13.2 Å². The lowest BCUT2D eigenvalue weighted by molar-refractivity contribution is -0.222. The Hall–Kier alpha value is -0.980. The lowest BCUT2D eigenvalue weighted by Crippen LogP contribution is -2.55. The normalized spacial score (nSPS) is 23.1. The van der Waals surface area contributed by atoms with Gasteiger partial charge in [0.25, 0.3) is 0 Å². The Labute approximate surface area is 110 Å². The Bertz CT molecular complexity index is 325. The number of rotatable bonds is 1. The van der Waals surface area contributed by atoms with Crippen molar-refractivity contribution in [1.29, 1.82) is 0 Å². The van der Waals surface area contributed by atoms with Gasteiger partial charge in [-0.05, 0) is 40.0 Å². The minimum atomic E-state index is -4.73. The summed E-state index contributed by atoms with van der Waals surface area (Å²) < 4.78 is 42.8. The molecule has 2 unspecified atom stereocenters. The molecule has 112 valence electrons. The smallest absolute Gasteiger partial charge is 0.416 e. The zero-order valence-corrected chi connectivity index (χ0v) is 11.3. The van der Waals surface area contributed by atoms with E-state index in [1.807, 2.05) is 0 Å². The molecule has 0 radical (unpaired) electrons. The maximum atomic E-state index is 12.6. The highest BCUT2D eigenvalue weighted by Gasteiger charge is 2.48. The molecular weight excluding hydrogens is 263 g/mol. The van der Waals surface area contributed by atoms with Crippen LogP contribution in [-0.4, -0.2) is 46.6 Å². The third-order valence-electron chi connectivity index (χ3n) is 2.88. The topological polar surface area (TPSA) is 49.8 Å². The molecule has 4 nitrogen and oxygen atoms in total. The maximum absolute atomic E-state index is 12.6. The Balaban J connectivity index is 2.81. The summed E-state index contributed by atoms with van der Waals surface area (Å²) in [6.45, 7) is 5.10. The monoisotopic (exact) mass is 283 g/mol. The Kier molecular flexibility index (Phi) is 4.71. The van der Waals surface area contributed by atoms with Gasteiger partial charge in [0.05, 0.1) is 6.04 Å². The molecule has 0 spiro atoms. The number of aliphatic hydroxyl groups excluding tert-OH is 1. The molecule has 0 aliphatic carbocycles. The van der Waals surface area contributed by atoms with Crippen LogP contribution in [0.15, 0.2) is 0 Å². The van der Waals surface area contributed by atoms with Crippen molar-refractivity contribution in [2.45, 2.75) is 64.0 Å². The van der Waals surface area contributed by atoms with Crippen molar-refractivity contribution in [3.63, 3.8) is 0 Å². The van der Waals surface area contributed by atoms with E-state index in [0.717, 1.165) is 4.90 Å². The number of alkyl halides is 3. The maximum Gasteiger partial charge on any atom is 0.416 e. The molecule has 1 rings (SSSR count). The van der Waals surface area contributed by atoms with Crippen molar-refractivity contribution in [2.24, 2.45) is 0 Å². The molecule has 1 heterocycles. The van der Waals surface area contributed by atoms with Gasteiger partial charge in [0.2, 0.25) is 0 Å². The molecule has 2 atom stereocenters. The molecule has 0 bridgehead atoms. The number of likely N-dealkylation sites (tertiary alicyclic amines) is 1. The third-order valence-corrected chi connectivity index (χ3v) is 2.88. The largest absolute Gasteiger partial charge is 0.444 e. The van der Waals surface area contributed by atoms with E-state index in [-0.39, 0.29) is 13.0 Å². The molecule has 0 saturated carbocycles. The highest BCUT2D eigenvalue weighted by atomic mass is 19.4. The van der Waals surface area contributed by atoms with Crippen LogP contribution in [0.3, 0.4) is 0 Å². The van der Waals surface area contributed by atoms with Crippen LogP contribution in [0.4, 0.5) is 18.0 Å². The first-order chi connectivity index (χ1) is 8.52. The van der Waals surface area contributed by atoms with Crippen LogP contribution in [-0.2, 0) is 4.74 Å². The SMILES string of the molecule is CC(C)(C)OC(=O)N1CCCCC1C(O)C(F)(F)F. The van der Waals surface area contributed by atoms with Crippen LogP contribution in [0.1, 0.15) is 40.0 Å². The zero-order valence-electron chi connectivity index (χ0n) is 11.3. The lowest BCUT2D eigenvalue weighted by atomic mass is 9.97. The van der Waals surface area contributed by atoms with Crippen molar-refractivity contribution < 1.29 is 27.8 Å². The van der Waals surface area contributed by atoms with Crippen LogP contribution >= 0.6 is 0 Å². The summed E-state index contributed by atoms with van der Waals surface area (Å²) in [6.07, 6.45) is -6.78. The molecule has 19 heavy (non-hydrogen) atoms.